The van der Waals surface area contributed by atoms with Gasteiger partial charge in [0.1, 0.15) is 5.69 Å². The molecular weight excluding hydrogens is 244 g/mol. The average molecular weight is 268 g/mol. The third-order valence-electron chi connectivity index (χ3n) is 3.51. The number of anilines is 1. The summed E-state index contributed by atoms with van der Waals surface area (Å²) in [6, 6.07) is 0. The van der Waals surface area contributed by atoms with Crippen LogP contribution in [0.3, 0.4) is 0 Å². The molecule has 0 aliphatic heterocycles. The van der Waals surface area contributed by atoms with E-state index in [1.807, 2.05) is 13.8 Å². The van der Waals surface area contributed by atoms with Crippen molar-refractivity contribution >= 4 is 11.5 Å². The molecule has 108 valence electrons. The molecule has 0 spiro atoms. The molecule has 6 heteroatoms. The van der Waals surface area contributed by atoms with Crippen LogP contribution in [0.4, 0.5) is 11.5 Å². The fourth-order valence-corrected chi connectivity index (χ4v) is 1.79. The number of aromatic nitrogens is 2. The van der Waals surface area contributed by atoms with Gasteiger partial charge in [-0.1, -0.05) is 34.6 Å². The molecule has 1 aromatic heterocycles. The molecule has 6 nitrogen and oxygen atoms in total. The predicted octanol–water partition coefficient (Wildman–Crippen LogP) is 3.16. The SMILES string of the molecule is CC(C)c1nn(C)c(NCC(C)C(C)C)c1[N+](=O)[O-]. The first kappa shape index (κ1) is 15.5. The lowest BCUT2D eigenvalue weighted by molar-refractivity contribution is -0.384. The largest absolute Gasteiger partial charge is 0.364 e. The Balaban J connectivity index is 3.03. The molecule has 0 aliphatic rings. The molecule has 1 heterocycles. The highest BCUT2D eigenvalue weighted by molar-refractivity contribution is 5.60. The Bertz CT molecular complexity index is 452. The zero-order chi connectivity index (χ0) is 14.7. The van der Waals surface area contributed by atoms with E-state index in [9.17, 15) is 10.1 Å². The maximum Gasteiger partial charge on any atom is 0.334 e. The Hall–Kier alpha value is -1.59. The van der Waals surface area contributed by atoms with Crippen molar-refractivity contribution in [3.63, 3.8) is 0 Å². The topological polar surface area (TPSA) is 73.0 Å². The van der Waals surface area contributed by atoms with E-state index in [4.69, 9.17) is 0 Å². The minimum absolute atomic E-state index is 0.0321. The van der Waals surface area contributed by atoms with Crippen LogP contribution in [0.2, 0.25) is 0 Å². The molecule has 0 radical (unpaired) electrons. The molecule has 0 saturated carbocycles. The second-order valence-electron chi connectivity index (χ2n) is 5.72. The second-order valence-corrected chi connectivity index (χ2v) is 5.72. The van der Waals surface area contributed by atoms with E-state index < -0.39 is 0 Å². The quantitative estimate of drug-likeness (QED) is 0.635. The van der Waals surface area contributed by atoms with E-state index in [0.717, 1.165) is 0 Å². The van der Waals surface area contributed by atoms with Crippen molar-refractivity contribution in [3.8, 4) is 0 Å². The van der Waals surface area contributed by atoms with Gasteiger partial charge in [0.25, 0.3) is 0 Å². The maximum absolute atomic E-state index is 11.3. The van der Waals surface area contributed by atoms with Gasteiger partial charge in [-0.25, -0.2) is 4.68 Å². The lowest BCUT2D eigenvalue weighted by Gasteiger charge is -2.16. The van der Waals surface area contributed by atoms with Crippen molar-refractivity contribution in [3.05, 3.63) is 15.8 Å². The van der Waals surface area contributed by atoms with Gasteiger partial charge in [0.15, 0.2) is 0 Å². The van der Waals surface area contributed by atoms with Crippen LogP contribution in [0.5, 0.6) is 0 Å². The molecule has 1 rings (SSSR count). The summed E-state index contributed by atoms with van der Waals surface area (Å²) in [7, 11) is 1.74. The van der Waals surface area contributed by atoms with Gasteiger partial charge in [-0.15, -0.1) is 0 Å². The molecule has 0 aliphatic carbocycles. The lowest BCUT2D eigenvalue weighted by atomic mass is 9.98. The summed E-state index contributed by atoms with van der Waals surface area (Å²) in [4.78, 5) is 10.9. The van der Waals surface area contributed by atoms with E-state index in [1.165, 1.54) is 0 Å². The van der Waals surface area contributed by atoms with Crippen LogP contribution in [0.25, 0.3) is 0 Å². The summed E-state index contributed by atoms with van der Waals surface area (Å²) >= 11 is 0. The van der Waals surface area contributed by atoms with E-state index >= 15 is 0 Å². The highest BCUT2D eigenvalue weighted by atomic mass is 16.6. The predicted molar refractivity (Wildman–Crippen MR) is 76.4 cm³/mol. The molecule has 1 unspecified atom stereocenters. The van der Waals surface area contributed by atoms with Gasteiger partial charge in [-0.3, -0.25) is 10.1 Å². The molecule has 0 saturated heterocycles. The van der Waals surface area contributed by atoms with Crippen LogP contribution in [0.1, 0.15) is 46.2 Å². The van der Waals surface area contributed by atoms with E-state index in [-0.39, 0.29) is 16.5 Å². The van der Waals surface area contributed by atoms with Crippen LogP contribution in [0, 0.1) is 22.0 Å². The Morgan fingerprint density at radius 3 is 2.32 bits per heavy atom. The van der Waals surface area contributed by atoms with Crippen LogP contribution < -0.4 is 5.32 Å². The summed E-state index contributed by atoms with van der Waals surface area (Å²) in [6.45, 7) is 10.9. The molecule has 0 bridgehead atoms. The van der Waals surface area contributed by atoms with Crippen LogP contribution >= 0.6 is 0 Å². The first-order chi connectivity index (χ1) is 8.75. The number of nitro groups is 1. The molecular formula is C13H24N4O2. The molecule has 19 heavy (non-hydrogen) atoms. The standard InChI is InChI=1S/C13H24N4O2/c1-8(2)10(5)7-14-13-12(17(18)19)11(9(3)4)15-16(13)6/h8-10,14H,7H2,1-6H3. The molecule has 1 aromatic rings. The monoisotopic (exact) mass is 268 g/mol. The van der Waals surface area contributed by atoms with Gasteiger partial charge < -0.3 is 5.32 Å². The first-order valence-corrected chi connectivity index (χ1v) is 6.70. The van der Waals surface area contributed by atoms with Gasteiger partial charge in [-0.2, -0.15) is 5.10 Å². The summed E-state index contributed by atoms with van der Waals surface area (Å²) in [5.41, 5.74) is 0.639. The van der Waals surface area contributed by atoms with Crippen LogP contribution in [0.15, 0.2) is 0 Å². The fourth-order valence-electron chi connectivity index (χ4n) is 1.79. The second kappa shape index (κ2) is 6.04. The summed E-state index contributed by atoms with van der Waals surface area (Å²) in [5.74, 6) is 1.51. The first-order valence-electron chi connectivity index (χ1n) is 6.70. The lowest BCUT2D eigenvalue weighted by Crippen LogP contribution is -2.18. The number of nitrogens with zero attached hydrogens (tertiary/aromatic N) is 3. The third-order valence-corrected chi connectivity index (χ3v) is 3.51. The molecule has 1 N–H and O–H groups in total. The Morgan fingerprint density at radius 1 is 1.32 bits per heavy atom. The van der Waals surface area contributed by atoms with Crippen molar-refractivity contribution in [2.24, 2.45) is 18.9 Å². The Kier molecular flexibility index (Phi) is 4.91. The number of hydrogen-bond acceptors (Lipinski definition) is 4. The number of aryl methyl sites for hydroxylation is 1. The normalized spacial score (nSPS) is 13.1. The molecule has 0 aromatic carbocycles. The highest BCUT2D eigenvalue weighted by Gasteiger charge is 2.28. The number of nitrogens with one attached hydrogen (secondary N) is 1. The van der Waals surface area contributed by atoms with Crippen LogP contribution in [-0.4, -0.2) is 21.2 Å². The zero-order valence-corrected chi connectivity index (χ0v) is 12.6. The average Bonchev–Trinajstić information content (AvgIpc) is 2.63. The summed E-state index contributed by atoms with van der Waals surface area (Å²) in [6.07, 6.45) is 0. The highest BCUT2D eigenvalue weighted by Crippen LogP contribution is 2.32. The van der Waals surface area contributed by atoms with Gasteiger partial charge in [-0.05, 0) is 11.8 Å². The van der Waals surface area contributed by atoms with Crippen molar-refractivity contribution in [1.82, 2.24) is 9.78 Å². The minimum Gasteiger partial charge on any atom is -0.364 e. The van der Waals surface area contributed by atoms with Crippen molar-refractivity contribution in [2.45, 2.75) is 40.5 Å². The smallest absolute Gasteiger partial charge is 0.334 e. The van der Waals surface area contributed by atoms with Crippen molar-refractivity contribution in [1.29, 1.82) is 0 Å². The van der Waals surface area contributed by atoms with Gasteiger partial charge >= 0.3 is 5.69 Å². The number of hydrogen-bond donors (Lipinski definition) is 1. The summed E-state index contributed by atoms with van der Waals surface area (Å²) in [5, 5.41) is 18.7. The molecule has 0 fully saturated rings. The van der Waals surface area contributed by atoms with Crippen molar-refractivity contribution in [2.75, 3.05) is 11.9 Å². The number of rotatable bonds is 6. The molecule has 0 amide bonds. The Morgan fingerprint density at radius 2 is 1.89 bits per heavy atom. The van der Waals surface area contributed by atoms with Crippen LogP contribution in [-0.2, 0) is 7.05 Å². The Labute approximate surface area is 114 Å². The van der Waals surface area contributed by atoms with Crippen molar-refractivity contribution < 1.29 is 4.92 Å². The molecule has 1 atom stereocenters. The maximum atomic E-state index is 11.3. The van der Waals surface area contributed by atoms with E-state index in [2.05, 4.69) is 31.2 Å². The van der Waals surface area contributed by atoms with Gasteiger partial charge in [0.2, 0.25) is 5.82 Å². The van der Waals surface area contributed by atoms with E-state index in [1.54, 1.807) is 11.7 Å². The zero-order valence-electron chi connectivity index (χ0n) is 12.6. The fraction of sp³-hybridized carbons (Fsp3) is 0.769. The summed E-state index contributed by atoms with van der Waals surface area (Å²) < 4.78 is 1.57. The van der Waals surface area contributed by atoms with E-state index in [0.29, 0.717) is 29.9 Å². The third kappa shape index (κ3) is 3.45. The van der Waals surface area contributed by atoms with Gasteiger partial charge in [0, 0.05) is 19.5 Å². The van der Waals surface area contributed by atoms with Gasteiger partial charge in [0.05, 0.1) is 4.92 Å². The minimum atomic E-state index is -0.343.